The van der Waals surface area contributed by atoms with Gasteiger partial charge in [-0.15, -0.1) is 0 Å². The van der Waals surface area contributed by atoms with Gasteiger partial charge in [0.1, 0.15) is 0 Å². The van der Waals surface area contributed by atoms with E-state index in [2.05, 4.69) is 0 Å². The van der Waals surface area contributed by atoms with Gasteiger partial charge in [0.05, 0.1) is 17.6 Å². The first-order valence-corrected chi connectivity index (χ1v) is 6.99. The molecule has 0 aromatic carbocycles. The van der Waals surface area contributed by atoms with Crippen molar-refractivity contribution in [3.05, 3.63) is 12.1 Å². The third-order valence-corrected chi connectivity index (χ3v) is 4.18. The first-order chi connectivity index (χ1) is 9.05. The zero-order chi connectivity index (χ0) is 15.6. The van der Waals surface area contributed by atoms with Crippen LogP contribution in [0.25, 0.3) is 0 Å². The second-order valence-corrected chi connectivity index (χ2v) is 6.44. The van der Waals surface area contributed by atoms with E-state index in [4.69, 9.17) is 14.4 Å². The van der Waals surface area contributed by atoms with E-state index in [1.165, 1.54) is 0 Å². The Morgan fingerprint density at radius 3 is 2.25 bits per heavy atom. The Hall–Kier alpha value is -0.845. The minimum absolute atomic E-state index is 0.00422. The van der Waals surface area contributed by atoms with E-state index in [1.807, 2.05) is 58.6 Å². The molecular formula is C14H26BNO4. The summed E-state index contributed by atoms with van der Waals surface area (Å²) >= 11 is 0. The molecule has 1 atom stereocenters. The van der Waals surface area contributed by atoms with Crippen LogP contribution in [0.4, 0.5) is 0 Å². The average molecular weight is 283 g/mol. The Kier molecular flexibility index (Phi) is 5.41. The Morgan fingerprint density at radius 1 is 1.30 bits per heavy atom. The quantitative estimate of drug-likeness (QED) is 0.755. The summed E-state index contributed by atoms with van der Waals surface area (Å²) in [4.78, 5) is 12.6. The van der Waals surface area contributed by atoms with Crippen LogP contribution in [0.3, 0.4) is 0 Å². The summed E-state index contributed by atoms with van der Waals surface area (Å²) in [6.45, 7) is 10.6. The van der Waals surface area contributed by atoms with Gasteiger partial charge in [0.15, 0.2) is 0 Å². The van der Waals surface area contributed by atoms with Gasteiger partial charge in [0.2, 0.25) is 0 Å². The number of hydrogen-bond acceptors (Lipinski definition) is 4. The number of rotatable bonds is 6. The fraction of sp³-hybridized carbons (Fsp3) is 0.786. The van der Waals surface area contributed by atoms with Gasteiger partial charge in [0.25, 0.3) is 0 Å². The summed E-state index contributed by atoms with van der Waals surface area (Å²) in [5.74, 6) is 1.11. The molecule has 0 bridgehead atoms. The molecule has 6 heteroatoms. The van der Waals surface area contributed by atoms with E-state index in [1.54, 1.807) is 0 Å². The first kappa shape index (κ1) is 17.2. The van der Waals surface area contributed by atoms with Crippen LogP contribution in [0, 0.1) is 0 Å². The zero-order valence-electron chi connectivity index (χ0n) is 13.3. The Morgan fingerprint density at radius 2 is 1.80 bits per heavy atom. The number of nitrogens with zero attached hydrogens (tertiary/aromatic N) is 1. The Labute approximate surface area is 122 Å². The number of carboxylic acids is 1. The summed E-state index contributed by atoms with van der Waals surface area (Å²) in [7, 11) is 1.56. The maximum absolute atomic E-state index is 10.7. The first-order valence-electron chi connectivity index (χ1n) is 6.99. The van der Waals surface area contributed by atoms with Gasteiger partial charge in [-0.3, -0.25) is 9.69 Å². The summed E-state index contributed by atoms with van der Waals surface area (Å²) in [6.07, 6.45) is 2.10. The maximum Gasteiger partial charge on any atom is 0.486 e. The van der Waals surface area contributed by atoms with Crippen molar-refractivity contribution in [3.63, 3.8) is 0 Å². The van der Waals surface area contributed by atoms with Crippen molar-refractivity contribution in [3.8, 4) is 0 Å². The standard InChI is InChI=1S/C14H26BNO4/c1-11(10-12(17)18)16(6)9-7-8-15-19-13(2,3)14(4,5)20-15/h7-8,11H,9-10H2,1-6H3,(H,17,18)/b8-7+. The minimum atomic E-state index is -0.778. The molecule has 1 aliphatic heterocycles. The summed E-state index contributed by atoms with van der Waals surface area (Å²) in [5, 5.41) is 8.76. The van der Waals surface area contributed by atoms with Crippen LogP contribution < -0.4 is 0 Å². The highest BCUT2D eigenvalue weighted by Gasteiger charge is 2.49. The number of likely N-dealkylation sites (N-methyl/N-ethyl adjacent to an activating group) is 1. The number of carboxylic acid groups (broad SMARTS) is 1. The molecule has 114 valence electrons. The summed E-state index contributed by atoms with van der Waals surface area (Å²) in [6, 6.07) is -0.00422. The molecule has 0 saturated carbocycles. The lowest BCUT2D eigenvalue weighted by Gasteiger charge is -2.32. The predicted molar refractivity (Wildman–Crippen MR) is 79.6 cm³/mol. The molecule has 0 aliphatic carbocycles. The molecule has 1 N–H and O–H groups in total. The van der Waals surface area contributed by atoms with Gasteiger partial charge >= 0.3 is 13.1 Å². The lowest BCUT2D eigenvalue weighted by atomic mass is 9.90. The van der Waals surface area contributed by atoms with E-state index >= 15 is 0 Å². The van der Waals surface area contributed by atoms with Crippen molar-refractivity contribution in [2.24, 2.45) is 0 Å². The molecule has 1 unspecified atom stereocenters. The summed E-state index contributed by atoms with van der Waals surface area (Å²) in [5.41, 5.74) is -0.658. The normalized spacial score (nSPS) is 22.6. The molecule has 0 amide bonds. The lowest BCUT2D eigenvalue weighted by molar-refractivity contribution is -0.138. The Balaban J connectivity index is 2.45. The van der Waals surface area contributed by atoms with Crippen molar-refractivity contribution in [1.82, 2.24) is 4.90 Å². The average Bonchev–Trinajstić information content (AvgIpc) is 2.46. The van der Waals surface area contributed by atoms with E-state index < -0.39 is 5.97 Å². The van der Waals surface area contributed by atoms with Gasteiger partial charge in [-0.2, -0.15) is 0 Å². The third-order valence-electron chi connectivity index (χ3n) is 4.18. The largest absolute Gasteiger partial charge is 0.486 e. The van der Waals surface area contributed by atoms with Crippen LogP contribution in [0.2, 0.25) is 0 Å². The Bertz CT molecular complexity index is 365. The van der Waals surface area contributed by atoms with Crippen LogP contribution in [-0.2, 0) is 14.1 Å². The molecular weight excluding hydrogens is 257 g/mol. The maximum atomic E-state index is 10.7. The van der Waals surface area contributed by atoms with E-state index in [0.717, 1.165) is 0 Å². The molecule has 0 radical (unpaired) electrons. The van der Waals surface area contributed by atoms with Crippen molar-refractivity contribution < 1.29 is 19.2 Å². The minimum Gasteiger partial charge on any atom is -0.481 e. The smallest absolute Gasteiger partial charge is 0.481 e. The molecule has 1 aliphatic rings. The highest BCUT2D eigenvalue weighted by molar-refractivity contribution is 6.51. The van der Waals surface area contributed by atoms with Gasteiger partial charge in [-0.1, -0.05) is 12.1 Å². The van der Waals surface area contributed by atoms with Crippen LogP contribution in [0.1, 0.15) is 41.0 Å². The topological polar surface area (TPSA) is 59.0 Å². The van der Waals surface area contributed by atoms with Crippen LogP contribution in [-0.4, -0.2) is 53.9 Å². The molecule has 5 nitrogen and oxygen atoms in total. The van der Waals surface area contributed by atoms with Crippen molar-refractivity contribution in [2.45, 2.75) is 58.3 Å². The second-order valence-electron chi connectivity index (χ2n) is 6.44. The van der Waals surface area contributed by atoms with Crippen LogP contribution >= 0.6 is 0 Å². The highest BCUT2D eigenvalue weighted by Crippen LogP contribution is 2.36. The molecule has 20 heavy (non-hydrogen) atoms. The van der Waals surface area contributed by atoms with Crippen molar-refractivity contribution >= 4 is 13.1 Å². The zero-order valence-corrected chi connectivity index (χ0v) is 13.3. The summed E-state index contributed by atoms with van der Waals surface area (Å²) < 4.78 is 11.7. The predicted octanol–water partition coefficient (Wildman–Crippen LogP) is 1.97. The molecule has 0 spiro atoms. The third kappa shape index (κ3) is 4.33. The van der Waals surface area contributed by atoms with Crippen molar-refractivity contribution in [2.75, 3.05) is 13.6 Å². The van der Waals surface area contributed by atoms with Crippen LogP contribution in [0.5, 0.6) is 0 Å². The molecule has 1 rings (SSSR count). The van der Waals surface area contributed by atoms with Gasteiger partial charge in [-0.05, 0) is 41.7 Å². The second kappa shape index (κ2) is 6.29. The van der Waals surface area contributed by atoms with Crippen molar-refractivity contribution in [1.29, 1.82) is 0 Å². The van der Waals surface area contributed by atoms with Gasteiger partial charge in [0, 0.05) is 12.6 Å². The monoisotopic (exact) mass is 283 g/mol. The number of hydrogen-bond donors (Lipinski definition) is 1. The molecule has 1 saturated heterocycles. The van der Waals surface area contributed by atoms with E-state index in [0.29, 0.717) is 6.54 Å². The lowest BCUT2D eigenvalue weighted by Crippen LogP contribution is -2.41. The fourth-order valence-electron chi connectivity index (χ4n) is 1.89. The number of aliphatic carboxylic acids is 1. The molecule has 0 aromatic heterocycles. The number of carbonyl (C=O) groups is 1. The van der Waals surface area contributed by atoms with E-state index in [9.17, 15) is 4.79 Å². The van der Waals surface area contributed by atoms with Gasteiger partial charge in [-0.25, -0.2) is 0 Å². The van der Waals surface area contributed by atoms with E-state index in [-0.39, 0.29) is 30.8 Å². The van der Waals surface area contributed by atoms with Gasteiger partial charge < -0.3 is 14.4 Å². The highest BCUT2D eigenvalue weighted by atomic mass is 16.7. The SMILES string of the molecule is CC(CC(=O)O)N(C)C/C=C/B1OC(C)(C)C(C)(C)O1. The molecule has 1 fully saturated rings. The molecule has 0 aromatic rings. The molecule has 1 heterocycles. The fourth-order valence-corrected chi connectivity index (χ4v) is 1.89. The van der Waals surface area contributed by atoms with Crippen LogP contribution in [0.15, 0.2) is 12.1 Å².